The quantitative estimate of drug-likeness (QED) is 0.680. The fraction of sp³-hybridized carbons (Fsp3) is 0. The van der Waals surface area contributed by atoms with E-state index in [0.29, 0.717) is 11.0 Å². The molecule has 11 heavy (non-hydrogen) atoms. The van der Waals surface area contributed by atoms with E-state index < -0.39 is 0 Å². The summed E-state index contributed by atoms with van der Waals surface area (Å²) in [6.07, 6.45) is 2.89. The first-order chi connectivity index (χ1) is 5.36. The molecule has 0 saturated carbocycles. The summed E-state index contributed by atoms with van der Waals surface area (Å²) in [5, 5.41) is 4.13. The fourth-order valence-corrected chi connectivity index (χ4v) is 1.29. The van der Waals surface area contributed by atoms with E-state index in [2.05, 4.69) is 19.6 Å². The zero-order chi connectivity index (χ0) is 7.68. The number of rotatable bonds is 1. The smallest absolute Gasteiger partial charge is 0.214 e. The van der Waals surface area contributed by atoms with Gasteiger partial charge in [-0.3, -0.25) is 0 Å². The van der Waals surface area contributed by atoms with Crippen molar-refractivity contribution >= 4 is 16.5 Å². The van der Waals surface area contributed by atoms with Gasteiger partial charge in [0, 0.05) is 0 Å². The molecule has 0 fully saturated rings. The first kappa shape index (κ1) is 6.29. The Bertz CT molecular complexity index is 341. The topological polar surface area (TPSA) is 77.8 Å². The van der Waals surface area contributed by atoms with Gasteiger partial charge in [0.2, 0.25) is 12.2 Å². The lowest BCUT2D eigenvalue weighted by Gasteiger charge is -1.79. The molecule has 0 radical (unpaired) electrons. The van der Waals surface area contributed by atoms with Crippen molar-refractivity contribution in [2.24, 2.45) is 0 Å². The van der Waals surface area contributed by atoms with Crippen molar-refractivity contribution in [1.82, 2.24) is 15.1 Å². The highest BCUT2D eigenvalue weighted by atomic mass is 32.1. The SMILES string of the molecule is Nc1ncc(-c2ncon2)s1. The number of nitrogens with zero attached hydrogens (tertiary/aromatic N) is 3. The molecule has 0 aliphatic carbocycles. The molecule has 0 aliphatic heterocycles. The fourth-order valence-electron chi connectivity index (χ4n) is 0.670. The Morgan fingerprint density at radius 1 is 1.45 bits per heavy atom. The second kappa shape index (κ2) is 2.31. The summed E-state index contributed by atoms with van der Waals surface area (Å²) >= 11 is 1.33. The molecule has 0 spiro atoms. The third kappa shape index (κ3) is 1.07. The largest absolute Gasteiger partial charge is 0.375 e. The molecular formula is C5H4N4OS. The molecule has 0 aliphatic rings. The third-order valence-corrected chi connectivity index (χ3v) is 1.93. The van der Waals surface area contributed by atoms with E-state index in [1.165, 1.54) is 17.7 Å². The summed E-state index contributed by atoms with van der Waals surface area (Å²) in [7, 11) is 0. The molecule has 0 unspecified atom stereocenters. The monoisotopic (exact) mass is 168 g/mol. The van der Waals surface area contributed by atoms with Crippen LogP contribution in [0.4, 0.5) is 5.13 Å². The van der Waals surface area contributed by atoms with Crippen LogP contribution < -0.4 is 5.73 Å². The molecule has 2 N–H and O–H groups in total. The molecule has 2 rings (SSSR count). The van der Waals surface area contributed by atoms with Crippen LogP contribution in [0.3, 0.4) is 0 Å². The maximum atomic E-state index is 5.41. The normalized spacial score (nSPS) is 10.2. The van der Waals surface area contributed by atoms with Gasteiger partial charge in [-0.1, -0.05) is 16.5 Å². The van der Waals surface area contributed by atoms with Gasteiger partial charge >= 0.3 is 0 Å². The van der Waals surface area contributed by atoms with Crippen LogP contribution in [0.15, 0.2) is 17.1 Å². The number of hydrogen-bond acceptors (Lipinski definition) is 6. The van der Waals surface area contributed by atoms with Gasteiger partial charge < -0.3 is 10.3 Å². The zero-order valence-electron chi connectivity index (χ0n) is 5.39. The highest BCUT2D eigenvalue weighted by Crippen LogP contribution is 2.23. The summed E-state index contributed by atoms with van der Waals surface area (Å²) < 4.78 is 4.56. The van der Waals surface area contributed by atoms with Crippen LogP contribution in [0.5, 0.6) is 0 Å². The molecule has 0 bridgehead atoms. The van der Waals surface area contributed by atoms with Gasteiger partial charge in [-0.2, -0.15) is 4.98 Å². The van der Waals surface area contributed by atoms with Gasteiger partial charge in [-0.05, 0) is 0 Å². The standard InChI is InChI=1S/C5H4N4OS/c6-5-7-1-3(11-5)4-8-2-10-9-4/h1-2H,(H2,6,7). The minimum atomic E-state index is 0.504. The second-order valence-corrected chi connectivity index (χ2v) is 2.88. The van der Waals surface area contributed by atoms with Crippen molar-refractivity contribution in [1.29, 1.82) is 0 Å². The van der Waals surface area contributed by atoms with Gasteiger partial charge in [0.25, 0.3) is 0 Å². The lowest BCUT2D eigenvalue weighted by Crippen LogP contribution is -1.77. The second-order valence-electron chi connectivity index (χ2n) is 1.82. The number of aromatic nitrogens is 3. The number of hydrogen-bond donors (Lipinski definition) is 1. The van der Waals surface area contributed by atoms with Gasteiger partial charge in [0.1, 0.15) is 0 Å². The molecule has 2 aromatic rings. The van der Waals surface area contributed by atoms with Gasteiger partial charge in [0.05, 0.1) is 11.1 Å². The Balaban J connectivity index is 2.45. The maximum Gasteiger partial charge on any atom is 0.214 e. The van der Waals surface area contributed by atoms with Crippen molar-refractivity contribution < 1.29 is 4.52 Å². The summed E-state index contributed by atoms with van der Waals surface area (Å²) in [4.78, 5) is 8.50. The molecule has 6 heteroatoms. The highest BCUT2D eigenvalue weighted by Gasteiger charge is 2.05. The minimum absolute atomic E-state index is 0.504. The van der Waals surface area contributed by atoms with Gasteiger partial charge in [-0.15, -0.1) is 0 Å². The Kier molecular flexibility index (Phi) is 1.32. The number of thiazole rings is 1. The molecule has 2 heterocycles. The van der Waals surface area contributed by atoms with E-state index in [0.717, 1.165) is 4.88 Å². The Labute approximate surface area is 65.9 Å². The lowest BCUT2D eigenvalue weighted by atomic mass is 10.5. The van der Waals surface area contributed by atoms with E-state index in [1.807, 2.05) is 0 Å². The molecule has 0 amide bonds. The van der Waals surface area contributed by atoms with Crippen LogP contribution in [0.1, 0.15) is 0 Å². The predicted octanol–water partition coefficient (Wildman–Crippen LogP) is 0.775. The average molecular weight is 168 g/mol. The average Bonchev–Trinajstić information content (AvgIpc) is 2.55. The Hall–Kier alpha value is -1.43. The van der Waals surface area contributed by atoms with Crippen LogP contribution in [-0.4, -0.2) is 15.1 Å². The first-order valence-electron chi connectivity index (χ1n) is 2.84. The summed E-state index contributed by atoms with van der Waals surface area (Å²) in [6, 6.07) is 0. The van der Waals surface area contributed by atoms with E-state index in [-0.39, 0.29) is 0 Å². The van der Waals surface area contributed by atoms with Crippen molar-refractivity contribution in [3.05, 3.63) is 12.6 Å². The highest BCUT2D eigenvalue weighted by molar-refractivity contribution is 7.18. The first-order valence-corrected chi connectivity index (χ1v) is 3.66. The Morgan fingerprint density at radius 3 is 2.91 bits per heavy atom. The van der Waals surface area contributed by atoms with Gasteiger partial charge in [0.15, 0.2) is 5.13 Å². The summed E-state index contributed by atoms with van der Waals surface area (Å²) in [5.74, 6) is 0.527. The van der Waals surface area contributed by atoms with Crippen molar-refractivity contribution in [3.63, 3.8) is 0 Å². The molecular weight excluding hydrogens is 164 g/mol. The van der Waals surface area contributed by atoms with Crippen molar-refractivity contribution in [3.8, 4) is 10.7 Å². The number of anilines is 1. The van der Waals surface area contributed by atoms with E-state index in [4.69, 9.17) is 5.73 Å². The van der Waals surface area contributed by atoms with E-state index in [9.17, 15) is 0 Å². The predicted molar refractivity (Wildman–Crippen MR) is 39.8 cm³/mol. The Morgan fingerprint density at radius 2 is 2.36 bits per heavy atom. The van der Waals surface area contributed by atoms with Crippen LogP contribution in [-0.2, 0) is 0 Å². The van der Waals surface area contributed by atoms with Gasteiger partial charge in [-0.25, -0.2) is 4.98 Å². The zero-order valence-corrected chi connectivity index (χ0v) is 6.21. The molecule has 56 valence electrons. The molecule has 2 aromatic heterocycles. The molecule has 0 saturated heterocycles. The number of nitrogen functional groups attached to an aromatic ring is 1. The molecule has 0 atom stereocenters. The third-order valence-electron chi connectivity index (χ3n) is 1.11. The van der Waals surface area contributed by atoms with E-state index >= 15 is 0 Å². The van der Waals surface area contributed by atoms with E-state index in [1.54, 1.807) is 6.20 Å². The van der Waals surface area contributed by atoms with Crippen LogP contribution in [0, 0.1) is 0 Å². The van der Waals surface area contributed by atoms with Crippen molar-refractivity contribution in [2.75, 3.05) is 5.73 Å². The van der Waals surface area contributed by atoms with Crippen molar-refractivity contribution in [2.45, 2.75) is 0 Å². The summed E-state index contributed by atoms with van der Waals surface area (Å²) in [5.41, 5.74) is 5.41. The maximum absolute atomic E-state index is 5.41. The van der Waals surface area contributed by atoms with Crippen LogP contribution >= 0.6 is 11.3 Å². The lowest BCUT2D eigenvalue weighted by molar-refractivity contribution is 0.419. The molecule has 5 nitrogen and oxygen atoms in total. The summed E-state index contributed by atoms with van der Waals surface area (Å²) in [6.45, 7) is 0. The molecule has 0 aromatic carbocycles. The van der Waals surface area contributed by atoms with Crippen LogP contribution in [0.25, 0.3) is 10.7 Å². The number of nitrogens with two attached hydrogens (primary N) is 1. The van der Waals surface area contributed by atoms with Crippen LogP contribution in [0.2, 0.25) is 0 Å². The minimum Gasteiger partial charge on any atom is -0.375 e.